The first-order chi connectivity index (χ1) is 6.91. The number of carbonyl (C=O) groups is 1. The molecule has 1 unspecified atom stereocenters. The van der Waals surface area contributed by atoms with Gasteiger partial charge in [0.25, 0.3) is 0 Å². The van der Waals surface area contributed by atoms with Gasteiger partial charge in [0.05, 0.1) is 20.1 Å². The summed E-state index contributed by atoms with van der Waals surface area (Å²) in [6.07, 6.45) is 2.22. The molecule has 1 aliphatic rings. The number of carbonyl (C=O) groups excluding carboxylic acids is 1. The number of nitrogens with two attached hydrogens (primary N) is 1. The summed E-state index contributed by atoms with van der Waals surface area (Å²) in [7, 11) is 1.41. The minimum atomic E-state index is -0.429. The standard InChI is InChI=1S/C11H21NO3/c1-10(2,12)11(7-9(13)14-3)5-4-6-15-8-11/h4-8,12H2,1-3H3. The summed E-state index contributed by atoms with van der Waals surface area (Å²) in [6, 6.07) is 0. The molecule has 0 aromatic carbocycles. The molecule has 0 aliphatic carbocycles. The Balaban J connectivity index is 2.80. The molecule has 0 amide bonds. The Hall–Kier alpha value is -0.610. The minimum absolute atomic E-state index is 0.209. The summed E-state index contributed by atoms with van der Waals surface area (Å²) >= 11 is 0. The van der Waals surface area contributed by atoms with Crippen LogP contribution in [0.15, 0.2) is 0 Å². The van der Waals surface area contributed by atoms with Gasteiger partial charge in [-0.25, -0.2) is 0 Å². The van der Waals surface area contributed by atoms with Crippen molar-refractivity contribution in [1.82, 2.24) is 0 Å². The predicted molar refractivity (Wildman–Crippen MR) is 57.4 cm³/mol. The second-order valence-corrected chi connectivity index (χ2v) is 4.91. The van der Waals surface area contributed by atoms with Crippen LogP contribution >= 0.6 is 0 Å². The Kier molecular flexibility index (Phi) is 3.73. The number of methoxy groups -OCH3 is 1. The molecular weight excluding hydrogens is 194 g/mol. The normalized spacial score (nSPS) is 27.5. The summed E-state index contributed by atoms with van der Waals surface area (Å²) in [5.74, 6) is -0.209. The van der Waals surface area contributed by atoms with Gasteiger partial charge < -0.3 is 15.2 Å². The maximum Gasteiger partial charge on any atom is 0.306 e. The highest BCUT2D eigenvalue weighted by Crippen LogP contribution is 2.41. The lowest BCUT2D eigenvalue weighted by atomic mass is 9.66. The summed E-state index contributed by atoms with van der Waals surface area (Å²) in [5.41, 5.74) is 5.45. The molecule has 0 aromatic rings. The molecule has 4 nitrogen and oxygen atoms in total. The van der Waals surface area contributed by atoms with Gasteiger partial charge in [-0.15, -0.1) is 0 Å². The van der Waals surface area contributed by atoms with E-state index in [-0.39, 0.29) is 11.4 Å². The fourth-order valence-electron chi connectivity index (χ4n) is 2.08. The molecule has 4 heteroatoms. The van der Waals surface area contributed by atoms with E-state index in [2.05, 4.69) is 0 Å². The summed E-state index contributed by atoms with van der Waals surface area (Å²) in [4.78, 5) is 11.4. The molecule has 1 fully saturated rings. The maximum absolute atomic E-state index is 11.4. The van der Waals surface area contributed by atoms with E-state index in [4.69, 9.17) is 15.2 Å². The SMILES string of the molecule is COC(=O)CC1(C(C)(C)N)CCCOC1. The van der Waals surface area contributed by atoms with Crippen LogP contribution in [0.1, 0.15) is 33.1 Å². The first-order valence-corrected chi connectivity index (χ1v) is 5.35. The molecule has 1 rings (SSSR count). The van der Waals surface area contributed by atoms with Crippen LogP contribution in [0.5, 0.6) is 0 Å². The van der Waals surface area contributed by atoms with Gasteiger partial charge in [-0.3, -0.25) is 4.79 Å². The molecular formula is C11H21NO3. The highest BCUT2D eigenvalue weighted by Gasteiger charge is 2.45. The van der Waals surface area contributed by atoms with Crippen LogP contribution in [0.2, 0.25) is 0 Å². The molecule has 2 N–H and O–H groups in total. The molecule has 1 aliphatic heterocycles. The van der Waals surface area contributed by atoms with Crippen LogP contribution < -0.4 is 5.73 Å². The van der Waals surface area contributed by atoms with Crippen LogP contribution in [-0.2, 0) is 14.3 Å². The second-order valence-electron chi connectivity index (χ2n) is 4.91. The van der Waals surface area contributed by atoms with Crippen molar-refractivity contribution in [2.45, 2.75) is 38.6 Å². The number of esters is 1. The van der Waals surface area contributed by atoms with Crippen LogP contribution in [0.25, 0.3) is 0 Å². The van der Waals surface area contributed by atoms with E-state index < -0.39 is 5.54 Å². The van der Waals surface area contributed by atoms with Crippen molar-refractivity contribution >= 4 is 5.97 Å². The van der Waals surface area contributed by atoms with Gasteiger partial charge in [0, 0.05) is 17.6 Å². The Morgan fingerprint density at radius 2 is 2.27 bits per heavy atom. The Morgan fingerprint density at radius 3 is 2.67 bits per heavy atom. The van der Waals surface area contributed by atoms with Crippen molar-refractivity contribution in [2.24, 2.45) is 11.1 Å². The lowest BCUT2D eigenvalue weighted by molar-refractivity contribution is -0.149. The quantitative estimate of drug-likeness (QED) is 0.716. The van der Waals surface area contributed by atoms with Crippen molar-refractivity contribution in [3.63, 3.8) is 0 Å². The molecule has 0 spiro atoms. The lowest BCUT2D eigenvalue weighted by Crippen LogP contribution is -2.56. The summed E-state index contributed by atoms with van der Waals surface area (Å²) in [5, 5.41) is 0. The number of rotatable bonds is 3. The second kappa shape index (κ2) is 4.49. The van der Waals surface area contributed by atoms with Gasteiger partial charge in [-0.1, -0.05) is 0 Å². The molecule has 1 heterocycles. The Bertz CT molecular complexity index is 226. The third-order valence-electron chi connectivity index (χ3n) is 3.40. The first-order valence-electron chi connectivity index (χ1n) is 5.35. The molecule has 1 atom stereocenters. The fraction of sp³-hybridized carbons (Fsp3) is 0.909. The van der Waals surface area contributed by atoms with Gasteiger partial charge in [-0.2, -0.15) is 0 Å². The van der Waals surface area contributed by atoms with E-state index in [9.17, 15) is 4.79 Å². The number of ether oxygens (including phenoxy) is 2. The predicted octanol–water partition coefficient (Wildman–Crippen LogP) is 1.08. The lowest BCUT2D eigenvalue weighted by Gasteiger charge is -2.46. The van der Waals surface area contributed by atoms with Crippen LogP contribution in [0, 0.1) is 5.41 Å². The van der Waals surface area contributed by atoms with Gasteiger partial charge in [-0.05, 0) is 26.7 Å². The highest BCUT2D eigenvalue weighted by atomic mass is 16.5. The molecule has 88 valence electrons. The van der Waals surface area contributed by atoms with Crippen molar-refractivity contribution in [3.8, 4) is 0 Å². The van der Waals surface area contributed by atoms with E-state index in [1.807, 2.05) is 13.8 Å². The monoisotopic (exact) mass is 215 g/mol. The van der Waals surface area contributed by atoms with Crippen molar-refractivity contribution in [3.05, 3.63) is 0 Å². The van der Waals surface area contributed by atoms with Crippen LogP contribution in [-0.4, -0.2) is 31.8 Å². The largest absolute Gasteiger partial charge is 0.469 e. The first kappa shape index (κ1) is 12.5. The summed E-state index contributed by atoms with van der Waals surface area (Å²) in [6.45, 7) is 5.21. The average Bonchev–Trinajstić information content (AvgIpc) is 2.17. The van der Waals surface area contributed by atoms with Crippen molar-refractivity contribution < 1.29 is 14.3 Å². The van der Waals surface area contributed by atoms with E-state index >= 15 is 0 Å². The number of hydrogen-bond donors (Lipinski definition) is 1. The molecule has 15 heavy (non-hydrogen) atoms. The zero-order valence-electron chi connectivity index (χ0n) is 9.84. The average molecular weight is 215 g/mol. The zero-order chi connectivity index (χ0) is 11.5. The highest BCUT2D eigenvalue weighted by molar-refractivity contribution is 5.70. The van der Waals surface area contributed by atoms with Gasteiger partial charge >= 0.3 is 5.97 Å². The third kappa shape index (κ3) is 2.69. The summed E-state index contributed by atoms with van der Waals surface area (Å²) < 4.78 is 10.2. The van der Waals surface area contributed by atoms with Crippen molar-refractivity contribution in [1.29, 1.82) is 0 Å². The molecule has 1 saturated heterocycles. The topological polar surface area (TPSA) is 61.5 Å². The van der Waals surface area contributed by atoms with Gasteiger partial charge in [0.1, 0.15) is 0 Å². The van der Waals surface area contributed by atoms with E-state index in [1.165, 1.54) is 7.11 Å². The van der Waals surface area contributed by atoms with E-state index in [0.717, 1.165) is 19.4 Å². The maximum atomic E-state index is 11.4. The van der Waals surface area contributed by atoms with Gasteiger partial charge in [0.2, 0.25) is 0 Å². The molecule has 0 saturated carbocycles. The smallest absolute Gasteiger partial charge is 0.306 e. The Labute approximate surface area is 91.1 Å². The molecule has 0 bridgehead atoms. The minimum Gasteiger partial charge on any atom is -0.469 e. The van der Waals surface area contributed by atoms with Crippen molar-refractivity contribution in [2.75, 3.05) is 20.3 Å². The fourth-order valence-corrected chi connectivity index (χ4v) is 2.08. The van der Waals surface area contributed by atoms with Gasteiger partial charge in [0.15, 0.2) is 0 Å². The molecule has 0 aromatic heterocycles. The third-order valence-corrected chi connectivity index (χ3v) is 3.40. The zero-order valence-corrected chi connectivity index (χ0v) is 9.84. The van der Waals surface area contributed by atoms with E-state index in [1.54, 1.807) is 0 Å². The van der Waals surface area contributed by atoms with Crippen LogP contribution in [0.3, 0.4) is 0 Å². The Morgan fingerprint density at radius 1 is 1.60 bits per heavy atom. The van der Waals surface area contributed by atoms with Crippen LogP contribution in [0.4, 0.5) is 0 Å². The van der Waals surface area contributed by atoms with E-state index in [0.29, 0.717) is 13.0 Å². The molecule has 0 radical (unpaired) electrons. The number of hydrogen-bond acceptors (Lipinski definition) is 4.